The SMILES string of the molecule is C[C@H]1CCCCN1c1nc2c(c(=O)[nH]1)[C@H](C(=O)Nc1ccccc1F)CC(=O)N2. The van der Waals surface area contributed by atoms with Gasteiger partial charge < -0.3 is 15.5 Å². The molecular weight excluding hydrogens is 377 g/mol. The second-order valence-electron chi connectivity index (χ2n) is 7.46. The van der Waals surface area contributed by atoms with Crippen LogP contribution in [-0.2, 0) is 9.59 Å². The topological polar surface area (TPSA) is 107 Å². The maximum Gasteiger partial charge on any atom is 0.258 e. The molecular formula is C20H22FN5O3. The number of anilines is 3. The van der Waals surface area contributed by atoms with E-state index in [-0.39, 0.29) is 29.5 Å². The van der Waals surface area contributed by atoms with E-state index in [2.05, 4.69) is 27.5 Å². The number of nitrogens with one attached hydrogen (secondary N) is 3. The Morgan fingerprint density at radius 2 is 2.07 bits per heavy atom. The Bertz CT molecular complexity index is 1020. The van der Waals surface area contributed by atoms with Crippen LogP contribution in [0, 0.1) is 5.82 Å². The van der Waals surface area contributed by atoms with Crippen LogP contribution >= 0.6 is 0 Å². The van der Waals surface area contributed by atoms with E-state index >= 15 is 0 Å². The van der Waals surface area contributed by atoms with Gasteiger partial charge in [-0.15, -0.1) is 0 Å². The average Bonchev–Trinajstić information content (AvgIpc) is 2.69. The molecule has 2 aliphatic rings. The molecule has 1 aromatic carbocycles. The molecule has 0 aliphatic carbocycles. The van der Waals surface area contributed by atoms with Crippen LogP contribution in [0.3, 0.4) is 0 Å². The fraction of sp³-hybridized carbons (Fsp3) is 0.400. The van der Waals surface area contributed by atoms with Gasteiger partial charge in [-0.05, 0) is 38.3 Å². The summed E-state index contributed by atoms with van der Waals surface area (Å²) in [4.78, 5) is 47.0. The molecule has 3 heterocycles. The largest absolute Gasteiger partial charge is 0.340 e. The van der Waals surface area contributed by atoms with Crippen molar-refractivity contribution in [1.82, 2.24) is 9.97 Å². The molecule has 2 atom stereocenters. The van der Waals surface area contributed by atoms with Crippen LogP contribution in [0.25, 0.3) is 0 Å². The number of H-pyrrole nitrogens is 1. The summed E-state index contributed by atoms with van der Waals surface area (Å²) in [6.45, 7) is 2.82. The molecule has 9 heteroatoms. The molecule has 3 N–H and O–H groups in total. The molecule has 0 radical (unpaired) electrons. The van der Waals surface area contributed by atoms with Gasteiger partial charge in [-0.25, -0.2) is 4.39 Å². The molecule has 0 spiro atoms. The number of benzene rings is 1. The van der Waals surface area contributed by atoms with Crippen LogP contribution < -0.4 is 21.1 Å². The highest BCUT2D eigenvalue weighted by atomic mass is 19.1. The molecule has 4 rings (SSSR count). The van der Waals surface area contributed by atoms with Crippen LogP contribution in [0.15, 0.2) is 29.1 Å². The van der Waals surface area contributed by atoms with E-state index in [4.69, 9.17) is 0 Å². The van der Waals surface area contributed by atoms with Crippen LogP contribution in [-0.4, -0.2) is 34.4 Å². The van der Waals surface area contributed by atoms with E-state index in [1.165, 1.54) is 18.2 Å². The van der Waals surface area contributed by atoms with Crippen LogP contribution in [0.1, 0.15) is 44.1 Å². The second-order valence-corrected chi connectivity index (χ2v) is 7.46. The number of carbonyl (C=O) groups excluding carboxylic acids is 2. The van der Waals surface area contributed by atoms with Gasteiger partial charge in [-0.2, -0.15) is 4.98 Å². The maximum absolute atomic E-state index is 13.9. The van der Waals surface area contributed by atoms with Crippen LogP contribution in [0.5, 0.6) is 0 Å². The number of para-hydroxylation sites is 1. The molecule has 0 saturated carbocycles. The summed E-state index contributed by atoms with van der Waals surface area (Å²) in [7, 11) is 0. The lowest BCUT2D eigenvalue weighted by molar-refractivity contribution is -0.123. The van der Waals surface area contributed by atoms with Gasteiger partial charge >= 0.3 is 0 Å². The Morgan fingerprint density at radius 1 is 1.28 bits per heavy atom. The van der Waals surface area contributed by atoms with Gasteiger partial charge in [0.25, 0.3) is 5.56 Å². The highest BCUT2D eigenvalue weighted by molar-refractivity contribution is 6.04. The number of halogens is 1. The van der Waals surface area contributed by atoms with Gasteiger partial charge in [0.2, 0.25) is 17.8 Å². The summed E-state index contributed by atoms with van der Waals surface area (Å²) in [6.07, 6.45) is 2.88. The molecule has 29 heavy (non-hydrogen) atoms. The number of fused-ring (bicyclic) bond motifs is 1. The van der Waals surface area contributed by atoms with Crippen molar-refractivity contribution in [3.05, 3.63) is 46.0 Å². The Morgan fingerprint density at radius 3 is 2.83 bits per heavy atom. The number of piperidine rings is 1. The van der Waals surface area contributed by atoms with Crippen LogP contribution in [0.2, 0.25) is 0 Å². The predicted octanol–water partition coefficient (Wildman–Crippen LogP) is 2.35. The Kier molecular flexibility index (Phi) is 5.04. The molecule has 2 aromatic rings. The lowest BCUT2D eigenvalue weighted by atomic mass is 9.92. The minimum Gasteiger partial charge on any atom is -0.340 e. The first-order chi connectivity index (χ1) is 13.9. The Hall–Kier alpha value is -3.23. The van der Waals surface area contributed by atoms with Crippen LogP contribution in [0.4, 0.5) is 21.8 Å². The lowest BCUT2D eigenvalue weighted by Crippen LogP contribution is -2.42. The fourth-order valence-corrected chi connectivity index (χ4v) is 3.91. The van der Waals surface area contributed by atoms with Gasteiger partial charge in [0.05, 0.1) is 17.2 Å². The lowest BCUT2D eigenvalue weighted by Gasteiger charge is -2.34. The van der Waals surface area contributed by atoms with Crippen molar-refractivity contribution in [2.45, 2.75) is 44.6 Å². The van der Waals surface area contributed by atoms with E-state index in [0.717, 1.165) is 25.8 Å². The quantitative estimate of drug-likeness (QED) is 0.734. The van der Waals surface area contributed by atoms with Gasteiger partial charge in [-0.1, -0.05) is 12.1 Å². The molecule has 0 unspecified atom stereocenters. The first-order valence-corrected chi connectivity index (χ1v) is 9.70. The maximum atomic E-state index is 13.9. The zero-order valence-corrected chi connectivity index (χ0v) is 16.0. The van der Waals surface area contributed by atoms with E-state index in [1.54, 1.807) is 6.07 Å². The smallest absolute Gasteiger partial charge is 0.258 e. The third-order valence-corrected chi connectivity index (χ3v) is 5.46. The normalized spacial score (nSPS) is 21.3. The number of amides is 2. The summed E-state index contributed by atoms with van der Waals surface area (Å²) < 4.78 is 13.9. The van der Waals surface area contributed by atoms with Gasteiger partial charge in [0.1, 0.15) is 11.6 Å². The Labute approximate surface area is 166 Å². The predicted molar refractivity (Wildman–Crippen MR) is 107 cm³/mol. The second kappa shape index (κ2) is 7.65. The van der Waals surface area contributed by atoms with E-state index in [9.17, 15) is 18.8 Å². The fourth-order valence-electron chi connectivity index (χ4n) is 3.91. The molecule has 8 nitrogen and oxygen atoms in total. The number of aromatic nitrogens is 2. The van der Waals surface area contributed by atoms with Crippen molar-refractivity contribution in [2.24, 2.45) is 0 Å². The number of hydrogen-bond donors (Lipinski definition) is 3. The monoisotopic (exact) mass is 399 g/mol. The zero-order valence-electron chi connectivity index (χ0n) is 16.0. The van der Waals surface area contributed by atoms with E-state index in [0.29, 0.717) is 5.95 Å². The molecule has 152 valence electrons. The summed E-state index contributed by atoms with van der Waals surface area (Å²) in [5.41, 5.74) is -0.392. The molecule has 0 bridgehead atoms. The van der Waals surface area contributed by atoms with Gasteiger partial charge in [0, 0.05) is 19.0 Å². The zero-order chi connectivity index (χ0) is 20.5. The summed E-state index contributed by atoms with van der Waals surface area (Å²) in [5, 5.41) is 5.07. The molecule has 2 aliphatic heterocycles. The first-order valence-electron chi connectivity index (χ1n) is 9.70. The summed E-state index contributed by atoms with van der Waals surface area (Å²) >= 11 is 0. The number of nitrogens with zero attached hydrogens (tertiary/aromatic N) is 2. The highest BCUT2D eigenvalue weighted by Crippen LogP contribution is 2.31. The number of carbonyl (C=O) groups is 2. The third kappa shape index (κ3) is 3.72. The van der Waals surface area contributed by atoms with Crippen molar-refractivity contribution in [3.63, 3.8) is 0 Å². The first kappa shape index (κ1) is 19.1. The molecule has 1 saturated heterocycles. The van der Waals surface area contributed by atoms with Gasteiger partial charge in [0.15, 0.2) is 0 Å². The molecule has 1 fully saturated rings. The third-order valence-electron chi connectivity index (χ3n) is 5.46. The standard InChI is InChI=1S/C20H22FN5O3/c1-11-6-4-5-9-26(11)20-24-17-16(19(29)25-20)12(10-15(27)23-17)18(28)22-14-8-3-2-7-13(14)21/h2-3,7-8,11-12H,4-6,9-10H2,1H3,(H,22,28)(H2,23,24,25,27,29)/t11-,12+/m0/s1. The molecule has 1 aromatic heterocycles. The number of rotatable bonds is 3. The van der Waals surface area contributed by atoms with E-state index in [1.807, 2.05) is 4.90 Å². The van der Waals surface area contributed by atoms with Crippen molar-refractivity contribution < 1.29 is 14.0 Å². The Balaban J connectivity index is 1.67. The van der Waals surface area contributed by atoms with Crippen molar-refractivity contribution in [2.75, 3.05) is 22.1 Å². The summed E-state index contributed by atoms with van der Waals surface area (Å²) in [5.74, 6) is -2.22. The highest BCUT2D eigenvalue weighted by Gasteiger charge is 2.35. The minimum atomic E-state index is -1.05. The minimum absolute atomic E-state index is 0.00631. The average molecular weight is 399 g/mol. The van der Waals surface area contributed by atoms with Crippen molar-refractivity contribution in [1.29, 1.82) is 0 Å². The number of aromatic amines is 1. The van der Waals surface area contributed by atoms with E-state index < -0.39 is 29.1 Å². The van der Waals surface area contributed by atoms with Crippen molar-refractivity contribution in [3.8, 4) is 0 Å². The van der Waals surface area contributed by atoms with Crippen molar-refractivity contribution >= 4 is 29.3 Å². The molecule has 2 amide bonds. The van der Waals surface area contributed by atoms with Gasteiger partial charge in [-0.3, -0.25) is 19.4 Å². The number of hydrogen-bond acceptors (Lipinski definition) is 5. The summed E-state index contributed by atoms with van der Waals surface area (Å²) in [6, 6.07) is 5.94.